The molecule has 0 aliphatic rings. The molecule has 4 aromatic rings. The van der Waals surface area contributed by atoms with Gasteiger partial charge >= 0.3 is 6.18 Å². The van der Waals surface area contributed by atoms with Crippen molar-refractivity contribution in [1.29, 1.82) is 0 Å². The summed E-state index contributed by atoms with van der Waals surface area (Å²) in [5, 5.41) is 2.22. The Labute approximate surface area is 291 Å². The summed E-state index contributed by atoms with van der Waals surface area (Å²) in [4.78, 5) is 29.3. The molecule has 4 rings (SSSR count). The first kappa shape index (κ1) is 37.0. The zero-order valence-corrected chi connectivity index (χ0v) is 29.3. The molecular weight excluding hydrogens is 731 g/mol. The van der Waals surface area contributed by atoms with Crippen LogP contribution < -0.4 is 9.62 Å². The summed E-state index contributed by atoms with van der Waals surface area (Å²) in [5.74, 6) is -1.26. The quantitative estimate of drug-likeness (QED) is 0.151. The lowest BCUT2D eigenvalue weighted by molar-refractivity contribution is -0.140. The Balaban J connectivity index is 1.86. The first-order valence-corrected chi connectivity index (χ1v) is 17.6. The van der Waals surface area contributed by atoms with Gasteiger partial charge in [-0.1, -0.05) is 94.6 Å². The highest BCUT2D eigenvalue weighted by molar-refractivity contribution is 9.10. The summed E-state index contributed by atoms with van der Waals surface area (Å²) >= 11 is 9.30. The Hall–Kier alpha value is -3.87. The van der Waals surface area contributed by atoms with Crippen LogP contribution in [0.2, 0.25) is 5.02 Å². The van der Waals surface area contributed by atoms with E-state index >= 15 is 0 Å². The Bertz CT molecular complexity index is 1840. The van der Waals surface area contributed by atoms with Gasteiger partial charge in [0, 0.05) is 24.0 Å². The van der Waals surface area contributed by atoms with Crippen LogP contribution in [0.25, 0.3) is 0 Å². The zero-order valence-electron chi connectivity index (χ0n) is 26.2. The third-order valence-electron chi connectivity index (χ3n) is 7.49. The molecule has 0 saturated heterocycles. The number of aryl methyl sites for hydroxylation is 1. The van der Waals surface area contributed by atoms with Gasteiger partial charge in [0.15, 0.2) is 0 Å². The number of amides is 2. The fourth-order valence-electron chi connectivity index (χ4n) is 5.00. The van der Waals surface area contributed by atoms with E-state index in [1.165, 1.54) is 17.0 Å². The predicted octanol–water partition coefficient (Wildman–Crippen LogP) is 7.79. The monoisotopic (exact) mass is 763 g/mol. The number of halogens is 5. The van der Waals surface area contributed by atoms with Gasteiger partial charge in [0.2, 0.25) is 11.8 Å². The molecular formula is C35H34BrClF3N3O4S. The van der Waals surface area contributed by atoms with Gasteiger partial charge in [-0.3, -0.25) is 13.9 Å². The number of sulfonamides is 1. The van der Waals surface area contributed by atoms with Crippen LogP contribution in [0.3, 0.4) is 0 Å². The molecule has 0 aromatic heterocycles. The third-order valence-corrected chi connectivity index (χ3v) is 10.1. The highest BCUT2D eigenvalue weighted by Gasteiger charge is 2.37. The number of carbonyl (C=O) groups is 2. The zero-order chi connectivity index (χ0) is 35.1. The summed E-state index contributed by atoms with van der Waals surface area (Å²) < 4.78 is 71.5. The molecule has 0 heterocycles. The SMILES string of the molecule is CCCNC(=O)[C@@H](Cc1ccccc1)N(Cc1cccc(Br)c1)C(=O)CN(c1ccc(Cl)c(C(F)(F)F)c1)S(=O)(=O)c1ccc(C)cc1. The van der Waals surface area contributed by atoms with E-state index in [1.807, 2.05) is 25.1 Å². The molecule has 0 radical (unpaired) electrons. The third kappa shape index (κ3) is 9.39. The number of carbonyl (C=O) groups excluding carboxylic acids is 2. The van der Waals surface area contributed by atoms with Crippen LogP contribution in [0.1, 0.15) is 35.6 Å². The summed E-state index contributed by atoms with van der Waals surface area (Å²) in [5.41, 5.74) is 0.461. The van der Waals surface area contributed by atoms with E-state index < -0.39 is 56.9 Å². The Morgan fingerprint density at radius 2 is 1.58 bits per heavy atom. The van der Waals surface area contributed by atoms with Gasteiger partial charge in [-0.05, 0) is 66.9 Å². The van der Waals surface area contributed by atoms with Crippen molar-refractivity contribution < 1.29 is 31.2 Å². The lowest BCUT2D eigenvalue weighted by Crippen LogP contribution is -2.53. The number of anilines is 1. The highest BCUT2D eigenvalue weighted by atomic mass is 79.9. The predicted molar refractivity (Wildman–Crippen MR) is 184 cm³/mol. The highest BCUT2D eigenvalue weighted by Crippen LogP contribution is 2.38. The van der Waals surface area contributed by atoms with Crippen molar-refractivity contribution in [3.05, 3.63) is 129 Å². The van der Waals surface area contributed by atoms with E-state index in [0.717, 1.165) is 23.3 Å². The number of alkyl halides is 3. The number of benzene rings is 4. The molecule has 2 amide bonds. The normalized spacial score (nSPS) is 12.3. The maximum Gasteiger partial charge on any atom is 0.417 e. The molecule has 254 valence electrons. The minimum absolute atomic E-state index is 0.0951. The second-order valence-electron chi connectivity index (χ2n) is 11.1. The molecule has 4 aromatic carbocycles. The van der Waals surface area contributed by atoms with Gasteiger partial charge in [0.25, 0.3) is 10.0 Å². The summed E-state index contributed by atoms with van der Waals surface area (Å²) in [7, 11) is -4.61. The van der Waals surface area contributed by atoms with Gasteiger partial charge in [0.05, 0.1) is 21.2 Å². The van der Waals surface area contributed by atoms with Crippen molar-refractivity contribution >= 4 is 55.1 Å². The van der Waals surface area contributed by atoms with Crippen molar-refractivity contribution in [2.75, 3.05) is 17.4 Å². The molecule has 13 heteroatoms. The molecule has 7 nitrogen and oxygen atoms in total. The molecule has 0 unspecified atom stereocenters. The fourth-order valence-corrected chi connectivity index (χ4v) is 7.08. The lowest BCUT2D eigenvalue weighted by Gasteiger charge is -2.34. The van der Waals surface area contributed by atoms with Crippen molar-refractivity contribution in [3.8, 4) is 0 Å². The molecule has 48 heavy (non-hydrogen) atoms. The second-order valence-corrected chi connectivity index (χ2v) is 14.3. The number of nitrogens with one attached hydrogen (secondary N) is 1. The van der Waals surface area contributed by atoms with Crippen molar-refractivity contribution in [2.45, 2.75) is 50.3 Å². The number of rotatable bonds is 13. The van der Waals surface area contributed by atoms with Gasteiger partial charge in [-0.2, -0.15) is 13.2 Å². The summed E-state index contributed by atoms with van der Waals surface area (Å²) in [6, 6.07) is 23.4. The smallest absolute Gasteiger partial charge is 0.354 e. The number of hydrogen-bond acceptors (Lipinski definition) is 4. The Morgan fingerprint density at radius 1 is 0.917 bits per heavy atom. The van der Waals surface area contributed by atoms with E-state index in [0.29, 0.717) is 33.4 Å². The van der Waals surface area contributed by atoms with Crippen LogP contribution >= 0.6 is 27.5 Å². The van der Waals surface area contributed by atoms with Gasteiger partial charge in [0.1, 0.15) is 12.6 Å². The first-order valence-electron chi connectivity index (χ1n) is 15.0. The fraction of sp³-hybridized carbons (Fsp3) is 0.257. The molecule has 1 atom stereocenters. The van der Waals surface area contributed by atoms with Crippen LogP contribution in [-0.2, 0) is 38.8 Å². The van der Waals surface area contributed by atoms with Gasteiger partial charge in [-0.15, -0.1) is 0 Å². The van der Waals surface area contributed by atoms with Crippen molar-refractivity contribution in [1.82, 2.24) is 10.2 Å². The molecule has 0 saturated carbocycles. The Kier molecular flexibility index (Phi) is 12.3. The van der Waals surface area contributed by atoms with Crippen LogP contribution in [0.5, 0.6) is 0 Å². The summed E-state index contributed by atoms with van der Waals surface area (Å²) in [6.45, 7) is 2.97. The van der Waals surface area contributed by atoms with E-state index in [9.17, 15) is 31.2 Å². The van der Waals surface area contributed by atoms with Crippen LogP contribution in [0.15, 0.2) is 106 Å². The summed E-state index contributed by atoms with van der Waals surface area (Å²) in [6.07, 6.45) is -4.18. The standard InChI is InChI=1S/C35H34BrClF3N3O4S/c1-3-18-41-34(45)32(20-25-8-5-4-6-9-25)42(22-26-10-7-11-27(36)19-26)33(44)23-43(48(46,47)29-15-12-24(2)13-16-29)28-14-17-31(37)30(21-28)35(38,39)40/h4-17,19,21,32H,3,18,20,22-23H2,1-2H3,(H,41,45)/t32-/m1/s1. The van der Waals surface area contributed by atoms with Crippen molar-refractivity contribution in [3.63, 3.8) is 0 Å². The van der Waals surface area contributed by atoms with Crippen LogP contribution in [0.4, 0.5) is 18.9 Å². The van der Waals surface area contributed by atoms with E-state index in [1.54, 1.807) is 55.5 Å². The second kappa shape index (κ2) is 16.0. The minimum atomic E-state index is -4.90. The molecule has 1 N–H and O–H groups in total. The lowest BCUT2D eigenvalue weighted by atomic mass is 10.0. The topological polar surface area (TPSA) is 86.8 Å². The molecule has 0 aliphatic heterocycles. The van der Waals surface area contributed by atoms with E-state index in [4.69, 9.17) is 11.6 Å². The van der Waals surface area contributed by atoms with Crippen molar-refractivity contribution in [2.24, 2.45) is 0 Å². The largest absolute Gasteiger partial charge is 0.417 e. The molecule has 0 aliphatic carbocycles. The molecule has 0 spiro atoms. The van der Waals surface area contributed by atoms with E-state index in [-0.39, 0.29) is 17.9 Å². The van der Waals surface area contributed by atoms with Crippen LogP contribution in [0, 0.1) is 6.92 Å². The number of nitrogens with zero attached hydrogens (tertiary/aromatic N) is 2. The average molecular weight is 765 g/mol. The minimum Gasteiger partial charge on any atom is -0.354 e. The van der Waals surface area contributed by atoms with Gasteiger partial charge < -0.3 is 10.2 Å². The maximum absolute atomic E-state index is 14.5. The van der Waals surface area contributed by atoms with E-state index in [2.05, 4.69) is 21.2 Å². The Morgan fingerprint density at radius 3 is 2.21 bits per heavy atom. The molecule has 0 bridgehead atoms. The molecule has 0 fully saturated rings. The first-order chi connectivity index (χ1) is 22.7. The number of hydrogen-bond donors (Lipinski definition) is 1. The van der Waals surface area contributed by atoms with Crippen LogP contribution in [-0.4, -0.2) is 44.3 Å². The maximum atomic E-state index is 14.5. The van der Waals surface area contributed by atoms with Gasteiger partial charge in [-0.25, -0.2) is 8.42 Å². The average Bonchev–Trinajstić information content (AvgIpc) is 3.04.